The first-order valence-electron chi connectivity index (χ1n) is 6.07. The summed E-state index contributed by atoms with van der Waals surface area (Å²) >= 11 is 5.87. The molecule has 1 saturated carbocycles. The van der Waals surface area contributed by atoms with Gasteiger partial charge in [0.2, 0.25) is 0 Å². The molecule has 0 radical (unpaired) electrons. The van der Waals surface area contributed by atoms with Crippen LogP contribution in [0.25, 0.3) is 6.08 Å². The first kappa shape index (κ1) is 12.6. The van der Waals surface area contributed by atoms with E-state index in [0.717, 1.165) is 13.0 Å². The van der Waals surface area contributed by atoms with Crippen LogP contribution in [-0.4, -0.2) is 12.6 Å². The minimum Gasteiger partial charge on any atom is -0.310 e. The van der Waals surface area contributed by atoms with Gasteiger partial charge in [-0.3, -0.25) is 0 Å². The zero-order valence-corrected chi connectivity index (χ0v) is 10.7. The van der Waals surface area contributed by atoms with E-state index in [1.54, 1.807) is 12.1 Å². The summed E-state index contributed by atoms with van der Waals surface area (Å²) in [5, 5.41) is 4.01. The predicted octanol–water partition coefficient (Wildman–Crippen LogP) is 4.02. The van der Waals surface area contributed by atoms with Gasteiger partial charge >= 0.3 is 0 Å². The fourth-order valence-corrected chi connectivity index (χ4v) is 1.87. The highest BCUT2D eigenvalue weighted by Gasteiger charge is 2.20. The van der Waals surface area contributed by atoms with E-state index in [-0.39, 0.29) is 5.82 Å². The molecule has 1 fully saturated rings. The van der Waals surface area contributed by atoms with Gasteiger partial charge in [0.25, 0.3) is 0 Å². The SMILES string of the molecule is CC/C(=C/c1cc(Cl)ccc1F)CNC1CC1. The van der Waals surface area contributed by atoms with E-state index in [1.165, 1.54) is 24.5 Å². The van der Waals surface area contributed by atoms with Crippen LogP contribution in [0.3, 0.4) is 0 Å². The Morgan fingerprint density at radius 1 is 1.53 bits per heavy atom. The van der Waals surface area contributed by atoms with Crippen molar-refractivity contribution in [3.8, 4) is 0 Å². The summed E-state index contributed by atoms with van der Waals surface area (Å²) < 4.78 is 13.6. The molecule has 0 aliphatic heterocycles. The fourth-order valence-electron chi connectivity index (χ4n) is 1.69. The van der Waals surface area contributed by atoms with E-state index >= 15 is 0 Å². The number of benzene rings is 1. The molecule has 1 aromatic carbocycles. The first-order chi connectivity index (χ1) is 8.19. The Kier molecular flexibility index (Phi) is 4.19. The molecule has 3 heteroatoms. The standard InChI is InChI=1S/C14H17ClFN/c1-2-10(9-17-13-4-5-13)7-11-8-12(15)3-6-14(11)16/h3,6-8,13,17H,2,4-5,9H2,1H3/b10-7-. The summed E-state index contributed by atoms with van der Waals surface area (Å²) in [5.41, 5.74) is 1.78. The summed E-state index contributed by atoms with van der Waals surface area (Å²) in [6.45, 7) is 2.93. The molecule has 0 unspecified atom stereocenters. The molecule has 0 bridgehead atoms. The third kappa shape index (κ3) is 3.83. The Balaban J connectivity index is 2.09. The lowest BCUT2D eigenvalue weighted by atomic mass is 10.1. The maximum Gasteiger partial charge on any atom is 0.130 e. The lowest BCUT2D eigenvalue weighted by molar-refractivity contribution is 0.624. The van der Waals surface area contributed by atoms with Crippen LogP contribution in [0.1, 0.15) is 31.7 Å². The van der Waals surface area contributed by atoms with E-state index < -0.39 is 0 Å². The van der Waals surface area contributed by atoms with Gasteiger partial charge in [-0.2, -0.15) is 0 Å². The van der Waals surface area contributed by atoms with E-state index in [0.29, 0.717) is 16.6 Å². The molecule has 1 aliphatic carbocycles. The van der Waals surface area contributed by atoms with Crippen LogP contribution in [0.2, 0.25) is 5.02 Å². The van der Waals surface area contributed by atoms with Crippen LogP contribution in [0.4, 0.5) is 4.39 Å². The molecule has 92 valence electrons. The largest absolute Gasteiger partial charge is 0.310 e. The highest BCUT2D eigenvalue weighted by molar-refractivity contribution is 6.30. The lowest BCUT2D eigenvalue weighted by Crippen LogP contribution is -2.18. The molecule has 0 heterocycles. The minimum absolute atomic E-state index is 0.216. The van der Waals surface area contributed by atoms with Crippen molar-refractivity contribution in [3.63, 3.8) is 0 Å². The van der Waals surface area contributed by atoms with Crippen LogP contribution in [0, 0.1) is 5.82 Å². The molecule has 1 N–H and O–H groups in total. The molecular formula is C14H17ClFN. The second kappa shape index (κ2) is 5.65. The van der Waals surface area contributed by atoms with Crippen LogP contribution < -0.4 is 5.32 Å². The van der Waals surface area contributed by atoms with E-state index in [2.05, 4.69) is 12.2 Å². The summed E-state index contributed by atoms with van der Waals surface area (Å²) in [5.74, 6) is -0.216. The highest BCUT2D eigenvalue weighted by Crippen LogP contribution is 2.21. The molecule has 0 spiro atoms. The first-order valence-corrected chi connectivity index (χ1v) is 6.44. The number of halogens is 2. The number of nitrogens with one attached hydrogen (secondary N) is 1. The minimum atomic E-state index is -0.216. The Morgan fingerprint density at radius 2 is 2.29 bits per heavy atom. The molecular weight excluding hydrogens is 237 g/mol. The summed E-state index contributed by atoms with van der Waals surface area (Å²) in [4.78, 5) is 0. The monoisotopic (exact) mass is 253 g/mol. The van der Waals surface area contributed by atoms with Gasteiger partial charge in [-0.05, 0) is 37.5 Å². The van der Waals surface area contributed by atoms with Gasteiger partial charge < -0.3 is 5.32 Å². The third-order valence-electron chi connectivity index (χ3n) is 2.97. The molecule has 0 amide bonds. The van der Waals surface area contributed by atoms with Crippen LogP contribution in [0.5, 0.6) is 0 Å². The maximum absolute atomic E-state index is 13.6. The third-order valence-corrected chi connectivity index (χ3v) is 3.20. The van der Waals surface area contributed by atoms with Crippen LogP contribution >= 0.6 is 11.6 Å². The number of hydrogen-bond acceptors (Lipinski definition) is 1. The fraction of sp³-hybridized carbons (Fsp3) is 0.429. The van der Waals surface area contributed by atoms with E-state index in [1.807, 2.05) is 6.08 Å². The summed E-state index contributed by atoms with van der Waals surface area (Å²) in [7, 11) is 0. The zero-order chi connectivity index (χ0) is 12.3. The van der Waals surface area contributed by atoms with Gasteiger partial charge in [-0.1, -0.05) is 30.2 Å². The highest BCUT2D eigenvalue weighted by atomic mass is 35.5. The number of hydrogen-bond donors (Lipinski definition) is 1. The van der Waals surface area contributed by atoms with E-state index in [4.69, 9.17) is 11.6 Å². The number of rotatable bonds is 5. The normalized spacial score (nSPS) is 16.3. The van der Waals surface area contributed by atoms with Crippen LogP contribution in [0.15, 0.2) is 23.8 Å². The molecule has 2 rings (SSSR count). The Hall–Kier alpha value is -0.860. The summed E-state index contributed by atoms with van der Waals surface area (Å²) in [6, 6.07) is 5.33. The van der Waals surface area contributed by atoms with Crippen molar-refractivity contribution in [3.05, 3.63) is 40.2 Å². The van der Waals surface area contributed by atoms with Gasteiger partial charge in [-0.15, -0.1) is 0 Å². The second-order valence-corrected chi connectivity index (χ2v) is 4.91. The van der Waals surface area contributed by atoms with Crippen molar-refractivity contribution in [2.75, 3.05) is 6.54 Å². The average Bonchev–Trinajstić information content (AvgIpc) is 3.12. The lowest BCUT2D eigenvalue weighted by Gasteiger charge is -2.07. The van der Waals surface area contributed by atoms with Gasteiger partial charge in [0.05, 0.1) is 0 Å². The quantitative estimate of drug-likeness (QED) is 0.836. The second-order valence-electron chi connectivity index (χ2n) is 4.48. The van der Waals surface area contributed by atoms with Crippen molar-refractivity contribution in [2.45, 2.75) is 32.2 Å². The molecule has 0 aromatic heterocycles. The van der Waals surface area contributed by atoms with E-state index in [9.17, 15) is 4.39 Å². The van der Waals surface area contributed by atoms with Crippen molar-refractivity contribution >= 4 is 17.7 Å². The maximum atomic E-state index is 13.6. The van der Waals surface area contributed by atoms with Crippen molar-refractivity contribution in [2.24, 2.45) is 0 Å². The Bertz CT molecular complexity index is 424. The average molecular weight is 254 g/mol. The molecule has 1 aliphatic rings. The summed E-state index contributed by atoms with van der Waals surface area (Å²) in [6.07, 6.45) is 5.35. The van der Waals surface area contributed by atoms with Gasteiger partial charge in [0, 0.05) is 23.2 Å². The smallest absolute Gasteiger partial charge is 0.130 e. The van der Waals surface area contributed by atoms with Crippen molar-refractivity contribution < 1.29 is 4.39 Å². The molecule has 0 saturated heterocycles. The molecule has 1 nitrogen and oxygen atoms in total. The topological polar surface area (TPSA) is 12.0 Å². The molecule has 0 atom stereocenters. The zero-order valence-electron chi connectivity index (χ0n) is 9.97. The predicted molar refractivity (Wildman–Crippen MR) is 70.7 cm³/mol. The molecule has 1 aromatic rings. The van der Waals surface area contributed by atoms with Crippen molar-refractivity contribution in [1.82, 2.24) is 5.32 Å². The van der Waals surface area contributed by atoms with Gasteiger partial charge in [0.15, 0.2) is 0 Å². The molecule has 17 heavy (non-hydrogen) atoms. The Labute approximate surface area is 107 Å². The van der Waals surface area contributed by atoms with Crippen molar-refractivity contribution in [1.29, 1.82) is 0 Å². The van der Waals surface area contributed by atoms with Gasteiger partial charge in [-0.25, -0.2) is 4.39 Å². The van der Waals surface area contributed by atoms with Crippen LogP contribution in [-0.2, 0) is 0 Å². The van der Waals surface area contributed by atoms with Gasteiger partial charge in [0.1, 0.15) is 5.82 Å². The Morgan fingerprint density at radius 3 is 2.94 bits per heavy atom.